The van der Waals surface area contributed by atoms with E-state index in [0.29, 0.717) is 6.42 Å². The number of aliphatic hydroxyl groups is 1. The van der Waals surface area contributed by atoms with Gasteiger partial charge in [0.1, 0.15) is 0 Å². The van der Waals surface area contributed by atoms with Crippen LogP contribution >= 0.6 is 11.3 Å². The van der Waals surface area contributed by atoms with Crippen LogP contribution in [0.2, 0.25) is 0 Å². The number of aliphatic hydroxyl groups excluding tert-OH is 1. The molecule has 2 heteroatoms. The van der Waals surface area contributed by atoms with E-state index in [-0.39, 0.29) is 0 Å². The van der Waals surface area contributed by atoms with E-state index < -0.39 is 6.10 Å². The Morgan fingerprint density at radius 1 is 1.43 bits per heavy atom. The van der Waals surface area contributed by atoms with Gasteiger partial charge in [-0.3, -0.25) is 0 Å². The monoisotopic (exact) mass is 204 g/mol. The highest BCUT2D eigenvalue weighted by molar-refractivity contribution is 7.17. The van der Waals surface area contributed by atoms with Gasteiger partial charge in [-0.15, -0.1) is 17.9 Å². The fourth-order valence-corrected chi connectivity index (χ4v) is 2.26. The maximum absolute atomic E-state index is 9.75. The number of hydrogen-bond donors (Lipinski definition) is 1. The molecule has 2 rings (SSSR count). The number of fused-ring (bicyclic) bond motifs is 1. The highest BCUT2D eigenvalue weighted by atomic mass is 32.1. The lowest BCUT2D eigenvalue weighted by Crippen LogP contribution is -1.94. The van der Waals surface area contributed by atoms with E-state index in [9.17, 15) is 5.11 Å². The fourth-order valence-electron chi connectivity index (χ4n) is 1.49. The summed E-state index contributed by atoms with van der Waals surface area (Å²) >= 11 is 1.72. The molecule has 1 aromatic carbocycles. The number of hydrogen-bond acceptors (Lipinski definition) is 2. The van der Waals surface area contributed by atoms with E-state index in [1.165, 1.54) is 10.1 Å². The molecule has 0 saturated carbocycles. The Bertz CT molecular complexity index is 444. The summed E-state index contributed by atoms with van der Waals surface area (Å²) < 4.78 is 1.26. The minimum Gasteiger partial charge on any atom is -0.388 e. The molecule has 0 aliphatic heterocycles. The zero-order chi connectivity index (χ0) is 9.97. The summed E-state index contributed by atoms with van der Waals surface area (Å²) in [6.45, 7) is 3.62. The van der Waals surface area contributed by atoms with Crippen molar-refractivity contribution in [3.8, 4) is 0 Å². The minimum atomic E-state index is -0.420. The van der Waals surface area contributed by atoms with Crippen molar-refractivity contribution in [2.45, 2.75) is 12.5 Å². The van der Waals surface area contributed by atoms with Crippen LogP contribution in [0.4, 0.5) is 0 Å². The van der Waals surface area contributed by atoms with E-state index in [1.54, 1.807) is 17.4 Å². The van der Waals surface area contributed by atoms with Crippen molar-refractivity contribution < 1.29 is 5.11 Å². The van der Waals surface area contributed by atoms with Gasteiger partial charge in [-0.1, -0.05) is 12.1 Å². The van der Waals surface area contributed by atoms with Gasteiger partial charge in [-0.05, 0) is 40.9 Å². The maximum Gasteiger partial charge on any atom is 0.0824 e. The molecule has 1 aromatic heterocycles. The standard InChI is InChI=1S/C12H12OS/c1-2-3-11(13)9-4-5-12-10(8-9)6-7-14-12/h2,4-8,11,13H,1,3H2. The van der Waals surface area contributed by atoms with Gasteiger partial charge in [0.2, 0.25) is 0 Å². The van der Waals surface area contributed by atoms with Crippen LogP contribution in [0, 0.1) is 0 Å². The maximum atomic E-state index is 9.75. The van der Waals surface area contributed by atoms with E-state index in [2.05, 4.69) is 24.1 Å². The number of rotatable bonds is 3. The average Bonchev–Trinajstić information content (AvgIpc) is 2.64. The predicted molar refractivity (Wildman–Crippen MR) is 61.6 cm³/mol. The molecule has 0 radical (unpaired) electrons. The molecule has 1 heterocycles. The quantitative estimate of drug-likeness (QED) is 0.758. The van der Waals surface area contributed by atoms with Gasteiger partial charge < -0.3 is 5.11 Å². The Balaban J connectivity index is 2.38. The molecular formula is C12H12OS. The second kappa shape index (κ2) is 3.95. The van der Waals surface area contributed by atoms with Crippen LogP contribution in [-0.4, -0.2) is 5.11 Å². The van der Waals surface area contributed by atoms with Crippen molar-refractivity contribution >= 4 is 21.4 Å². The second-order valence-electron chi connectivity index (χ2n) is 3.26. The molecule has 1 atom stereocenters. The van der Waals surface area contributed by atoms with Crippen molar-refractivity contribution in [1.29, 1.82) is 0 Å². The molecule has 1 N–H and O–H groups in total. The molecule has 0 saturated heterocycles. The van der Waals surface area contributed by atoms with Gasteiger partial charge in [-0.2, -0.15) is 0 Å². The van der Waals surface area contributed by atoms with Gasteiger partial charge >= 0.3 is 0 Å². The van der Waals surface area contributed by atoms with E-state index in [0.717, 1.165) is 5.56 Å². The first kappa shape index (κ1) is 9.44. The Kier molecular flexibility index (Phi) is 2.66. The molecular weight excluding hydrogens is 192 g/mol. The van der Waals surface area contributed by atoms with E-state index >= 15 is 0 Å². The lowest BCUT2D eigenvalue weighted by molar-refractivity contribution is 0.182. The normalized spacial score (nSPS) is 12.9. The average molecular weight is 204 g/mol. The summed E-state index contributed by atoms with van der Waals surface area (Å²) in [6, 6.07) is 8.15. The zero-order valence-electron chi connectivity index (χ0n) is 7.81. The first-order valence-corrected chi connectivity index (χ1v) is 5.45. The molecule has 2 aromatic rings. The SMILES string of the molecule is C=CCC(O)c1ccc2sccc2c1. The van der Waals surface area contributed by atoms with Crippen LogP contribution in [0.15, 0.2) is 42.3 Å². The molecule has 1 unspecified atom stereocenters. The smallest absolute Gasteiger partial charge is 0.0824 e. The Morgan fingerprint density at radius 3 is 3.07 bits per heavy atom. The van der Waals surface area contributed by atoms with Gasteiger partial charge in [0, 0.05) is 4.70 Å². The van der Waals surface area contributed by atoms with Crippen LogP contribution in [-0.2, 0) is 0 Å². The third-order valence-electron chi connectivity index (χ3n) is 2.25. The Hall–Kier alpha value is -1.12. The summed E-state index contributed by atoms with van der Waals surface area (Å²) in [5.74, 6) is 0. The van der Waals surface area contributed by atoms with Crippen LogP contribution in [0.3, 0.4) is 0 Å². The fraction of sp³-hybridized carbons (Fsp3) is 0.167. The molecule has 72 valence electrons. The lowest BCUT2D eigenvalue weighted by Gasteiger charge is -2.07. The summed E-state index contributed by atoms with van der Waals surface area (Å²) in [5.41, 5.74) is 0.968. The van der Waals surface area contributed by atoms with E-state index in [1.807, 2.05) is 12.1 Å². The topological polar surface area (TPSA) is 20.2 Å². The van der Waals surface area contributed by atoms with Crippen LogP contribution in [0.5, 0.6) is 0 Å². The van der Waals surface area contributed by atoms with Crippen LogP contribution < -0.4 is 0 Å². The molecule has 0 bridgehead atoms. The molecule has 0 aliphatic rings. The second-order valence-corrected chi connectivity index (χ2v) is 4.21. The van der Waals surface area contributed by atoms with Gasteiger partial charge in [0.05, 0.1) is 6.10 Å². The summed E-state index contributed by atoms with van der Waals surface area (Å²) in [4.78, 5) is 0. The Morgan fingerprint density at radius 2 is 2.29 bits per heavy atom. The van der Waals surface area contributed by atoms with Gasteiger partial charge in [0.25, 0.3) is 0 Å². The van der Waals surface area contributed by atoms with Crippen molar-refractivity contribution in [1.82, 2.24) is 0 Å². The van der Waals surface area contributed by atoms with Crippen molar-refractivity contribution in [3.05, 3.63) is 47.9 Å². The number of benzene rings is 1. The molecule has 0 amide bonds. The van der Waals surface area contributed by atoms with Crippen molar-refractivity contribution in [3.63, 3.8) is 0 Å². The largest absolute Gasteiger partial charge is 0.388 e. The summed E-state index contributed by atoms with van der Waals surface area (Å²) in [6.07, 6.45) is 1.93. The van der Waals surface area contributed by atoms with E-state index in [4.69, 9.17) is 0 Å². The van der Waals surface area contributed by atoms with Crippen LogP contribution in [0.25, 0.3) is 10.1 Å². The lowest BCUT2D eigenvalue weighted by atomic mass is 10.1. The predicted octanol–water partition coefficient (Wildman–Crippen LogP) is 3.51. The minimum absolute atomic E-state index is 0.420. The third kappa shape index (κ3) is 1.72. The molecule has 0 aliphatic carbocycles. The molecule has 14 heavy (non-hydrogen) atoms. The van der Waals surface area contributed by atoms with Gasteiger partial charge in [0.15, 0.2) is 0 Å². The first-order valence-electron chi connectivity index (χ1n) is 4.57. The van der Waals surface area contributed by atoms with Crippen molar-refractivity contribution in [2.24, 2.45) is 0 Å². The highest BCUT2D eigenvalue weighted by Crippen LogP contribution is 2.25. The summed E-state index contributed by atoms with van der Waals surface area (Å²) in [5, 5.41) is 13.0. The zero-order valence-corrected chi connectivity index (χ0v) is 8.63. The number of thiophene rings is 1. The first-order chi connectivity index (χ1) is 6.81. The molecule has 0 spiro atoms. The summed E-state index contributed by atoms with van der Waals surface area (Å²) in [7, 11) is 0. The Labute approximate surface area is 87.3 Å². The van der Waals surface area contributed by atoms with Crippen LogP contribution in [0.1, 0.15) is 18.1 Å². The third-order valence-corrected chi connectivity index (χ3v) is 3.15. The molecule has 1 nitrogen and oxygen atoms in total. The highest BCUT2D eigenvalue weighted by Gasteiger charge is 2.05. The van der Waals surface area contributed by atoms with Crippen molar-refractivity contribution in [2.75, 3.05) is 0 Å². The molecule has 0 fully saturated rings. The van der Waals surface area contributed by atoms with Gasteiger partial charge in [-0.25, -0.2) is 0 Å².